The van der Waals surface area contributed by atoms with Crippen LogP contribution in [0, 0.1) is 5.82 Å². The molecule has 156 valence electrons. The number of halogens is 1. The molecule has 6 heteroatoms. The summed E-state index contributed by atoms with van der Waals surface area (Å²) in [7, 11) is 1.59. The maximum Gasteiger partial charge on any atom is 0.282 e. The summed E-state index contributed by atoms with van der Waals surface area (Å²) in [4.78, 5) is 19.2. The summed E-state index contributed by atoms with van der Waals surface area (Å²) in [5, 5.41) is 0. The number of amides is 1. The lowest BCUT2D eigenvalue weighted by Gasteiger charge is -2.19. The minimum atomic E-state index is -0.448. The van der Waals surface area contributed by atoms with E-state index in [0.29, 0.717) is 23.8 Å². The van der Waals surface area contributed by atoms with Gasteiger partial charge in [0.1, 0.15) is 23.0 Å². The Balaban J connectivity index is 1.77. The molecule has 0 bridgehead atoms. The number of hydrogen-bond acceptors (Lipinski definition) is 4. The summed E-state index contributed by atoms with van der Waals surface area (Å²) in [5.74, 6) is 0.865. The highest BCUT2D eigenvalue weighted by Crippen LogP contribution is 2.30. The fourth-order valence-electron chi connectivity index (χ4n) is 3.30. The van der Waals surface area contributed by atoms with E-state index in [9.17, 15) is 9.18 Å². The number of carbonyl (C=O) groups is 1. The predicted octanol–water partition coefficient (Wildman–Crippen LogP) is 5.07. The van der Waals surface area contributed by atoms with Gasteiger partial charge in [-0.15, -0.1) is 0 Å². The van der Waals surface area contributed by atoms with Crippen molar-refractivity contribution >= 4 is 23.5 Å². The first-order valence-corrected chi connectivity index (χ1v) is 9.87. The van der Waals surface area contributed by atoms with E-state index in [4.69, 9.17) is 9.47 Å². The van der Waals surface area contributed by atoms with Crippen LogP contribution in [-0.2, 0) is 4.79 Å². The summed E-state index contributed by atoms with van der Waals surface area (Å²) in [6.07, 6.45) is 1.68. The molecule has 1 heterocycles. The van der Waals surface area contributed by atoms with Gasteiger partial charge in [0.2, 0.25) is 0 Å². The molecule has 0 aromatic heterocycles. The average Bonchev–Trinajstić information content (AvgIpc) is 3.11. The molecule has 3 aromatic rings. The molecular formula is C25H21FN2O3. The van der Waals surface area contributed by atoms with E-state index < -0.39 is 5.82 Å². The molecule has 1 amide bonds. The van der Waals surface area contributed by atoms with E-state index in [1.165, 1.54) is 11.0 Å². The normalized spacial score (nSPS) is 14.7. The van der Waals surface area contributed by atoms with Crippen molar-refractivity contribution in [2.24, 2.45) is 4.99 Å². The molecule has 1 aliphatic rings. The van der Waals surface area contributed by atoms with Crippen molar-refractivity contribution in [2.45, 2.75) is 6.92 Å². The Morgan fingerprint density at radius 1 is 0.968 bits per heavy atom. The van der Waals surface area contributed by atoms with Crippen LogP contribution in [-0.4, -0.2) is 25.5 Å². The van der Waals surface area contributed by atoms with E-state index in [2.05, 4.69) is 4.99 Å². The van der Waals surface area contributed by atoms with Crippen molar-refractivity contribution in [3.05, 3.63) is 95.4 Å². The molecule has 0 aliphatic carbocycles. The maximum atomic E-state index is 14.6. The maximum absolute atomic E-state index is 14.6. The van der Waals surface area contributed by atoms with Crippen LogP contribution in [0.15, 0.2) is 83.5 Å². The molecule has 0 unspecified atom stereocenters. The second-order valence-electron chi connectivity index (χ2n) is 6.79. The van der Waals surface area contributed by atoms with Gasteiger partial charge in [-0.2, -0.15) is 0 Å². The highest BCUT2D eigenvalue weighted by molar-refractivity contribution is 6.33. The van der Waals surface area contributed by atoms with Crippen LogP contribution in [0.3, 0.4) is 0 Å². The molecular weight excluding hydrogens is 395 g/mol. The lowest BCUT2D eigenvalue weighted by molar-refractivity contribution is -0.113. The molecule has 0 fully saturated rings. The van der Waals surface area contributed by atoms with Gasteiger partial charge in [-0.05, 0) is 67.1 Å². The fraction of sp³-hybridized carbons (Fsp3) is 0.120. The molecule has 31 heavy (non-hydrogen) atoms. The molecule has 4 rings (SSSR count). The number of benzene rings is 3. The van der Waals surface area contributed by atoms with E-state index in [-0.39, 0.29) is 23.0 Å². The first-order chi connectivity index (χ1) is 15.1. The summed E-state index contributed by atoms with van der Waals surface area (Å²) >= 11 is 0. The molecule has 3 aromatic carbocycles. The van der Waals surface area contributed by atoms with Crippen LogP contribution in [0.2, 0.25) is 0 Å². The van der Waals surface area contributed by atoms with Crippen molar-refractivity contribution in [1.82, 2.24) is 0 Å². The Bertz CT molecular complexity index is 1150. The number of anilines is 1. The third kappa shape index (κ3) is 4.19. The van der Waals surface area contributed by atoms with Crippen LogP contribution in [0.5, 0.6) is 11.5 Å². The largest absolute Gasteiger partial charge is 0.497 e. The van der Waals surface area contributed by atoms with Crippen molar-refractivity contribution in [3.63, 3.8) is 0 Å². The van der Waals surface area contributed by atoms with Gasteiger partial charge in [0.15, 0.2) is 5.84 Å². The van der Waals surface area contributed by atoms with Crippen molar-refractivity contribution in [2.75, 3.05) is 18.6 Å². The number of amidine groups is 1. The summed E-state index contributed by atoms with van der Waals surface area (Å²) in [6.45, 7) is 2.44. The minimum Gasteiger partial charge on any atom is -0.497 e. The van der Waals surface area contributed by atoms with Crippen LogP contribution in [0.25, 0.3) is 6.08 Å². The van der Waals surface area contributed by atoms with Crippen LogP contribution >= 0.6 is 0 Å². The molecule has 0 saturated heterocycles. The minimum absolute atomic E-state index is 0.220. The van der Waals surface area contributed by atoms with Gasteiger partial charge >= 0.3 is 0 Å². The van der Waals surface area contributed by atoms with Gasteiger partial charge in [0.25, 0.3) is 5.91 Å². The van der Waals surface area contributed by atoms with Gasteiger partial charge in [-0.3, -0.25) is 9.69 Å². The number of ether oxygens (including phenoxy) is 2. The van der Waals surface area contributed by atoms with Crippen LogP contribution in [0.1, 0.15) is 18.1 Å². The van der Waals surface area contributed by atoms with E-state index >= 15 is 0 Å². The standard InChI is InChI=1S/C25H21FN2O3/c1-3-31-20-14-10-18(11-15-20)28-24(21-6-4-5-7-22(21)26)27-23(25(28)29)16-17-8-12-19(30-2)13-9-17/h4-16H,3H2,1-2H3/b23-16+. The zero-order chi connectivity index (χ0) is 21.8. The number of carbonyl (C=O) groups excluding carboxylic acids is 1. The molecule has 0 N–H and O–H groups in total. The van der Waals surface area contributed by atoms with E-state index in [1.807, 2.05) is 19.1 Å². The van der Waals surface area contributed by atoms with Crippen molar-refractivity contribution in [1.29, 1.82) is 0 Å². The monoisotopic (exact) mass is 416 g/mol. The van der Waals surface area contributed by atoms with E-state index in [0.717, 1.165) is 5.56 Å². The molecule has 0 radical (unpaired) electrons. The SMILES string of the molecule is CCOc1ccc(N2C(=O)/C(=C\c3ccc(OC)cc3)N=C2c2ccccc2F)cc1. The van der Waals surface area contributed by atoms with E-state index in [1.54, 1.807) is 67.8 Å². The number of methoxy groups -OCH3 is 1. The number of nitrogens with zero attached hydrogens (tertiary/aromatic N) is 2. The third-order valence-corrected chi connectivity index (χ3v) is 4.80. The second kappa shape index (κ2) is 8.83. The molecule has 5 nitrogen and oxygen atoms in total. The Morgan fingerprint density at radius 2 is 1.65 bits per heavy atom. The molecule has 0 saturated carbocycles. The average molecular weight is 416 g/mol. The predicted molar refractivity (Wildman–Crippen MR) is 119 cm³/mol. The Morgan fingerprint density at radius 3 is 2.29 bits per heavy atom. The Hall–Kier alpha value is -3.93. The van der Waals surface area contributed by atoms with Gasteiger partial charge in [0.05, 0.1) is 25.0 Å². The van der Waals surface area contributed by atoms with Gasteiger partial charge in [-0.1, -0.05) is 24.3 Å². The zero-order valence-corrected chi connectivity index (χ0v) is 17.2. The van der Waals surface area contributed by atoms with Crippen molar-refractivity contribution < 1.29 is 18.7 Å². The van der Waals surface area contributed by atoms with Gasteiger partial charge < -0.3 is 9.47 Å². The topological polar surface area (TPSA) is 51.1 Å². The summed E-state index contributed by atoms with van der Waals surface area (Å²) in [5.41, 5.74) is 1.84. The van der Waals surface area contributed by atoms with Gasteiger partial charge in [0, 0.05) is 0 Å². The quantitative estimate of drug-likeness (QED) is 0.528. The summed E-state index contributed by atoms with van der Waals surface area (Å²) in [6, 6.07) is 20.6. The number of aliphatic imine (C=N–C) groups is 1. The molecule has 1 aliphatic heterocycles. The zero-order valence-electron chi connectivity index (χ0n) is 17.2. The van der Waals surface area contributed by atoms with Crippen LogP contribution in [0.4, 0.5) is 10.1 Å². The highest BCUT2D eigenvalue weighted by atomic mass is 19.1. The smallest absolute Gasteiger partial charge is 0.282 e. The Labute approximate surface area is 180 Å². The lowest BCUT2D eigenvalue weighted by Crippen LogP contribution is -2.33. The molecule has 0 spiro atoms. The first-order valence-electron chi connectivity index (χ1n) is 9.87. The molecule has 0 atom stereocenters. The van der Waals surface area contributed by atoms with Crippen LogP contribution < -0.4 is 14.4 Å². The number of rotatable bonds is 6. The fourth-order valence-corrected chi connectivity index (χ4v) is 3.30. The van der Waals surface area contributed by atoms with Crippen molar-refractivity contribution in [3.8, 4) is 11.5 Å². The highest BCUT2D eigenvalue weighted by Gasteiger charge is 2.33. The summed E-state index contributed by atoms with van der Waals surface area (Å²) < 4.78 is 25.2. The third-order valence-electron chi connectivity index (χ3n) is 4.80. The lowest BCUT2D eigenvalue weighted by atomic mass is 10.1. The number of hydrogen-bond donors (Lipinski definition) is 0. The first kappa shape index (κ1) is 20.3. The van der Waals surface area contributed by atoms with Gasteiger partial charge in [-0.25, -0.2) is 9.38 Å². The Kier molecular flexibility index (Phi) is 5.80. The second-order valence-corrected chi connectivity index (χ2v) is 6.79.